The van der Waals surface area contributed by atoms with E-state index in [0.29, 0.717) is 17.7 Å². The number of hydrogen-bond donors (Lipinski definition) is 0. The molecule has 0 saturated carbocycles. The fourth-order valence-corrected chi connectivity index (χ4v) is 3.94. The van der Waals surface area contributed by atoms with Crippen LogP contribution in [0.1, 0.15) is 36.9 Å². The highest BCUT2D eigenvalue weighted by molar-refractivity contribution is 5.87. The first-order valence-corrected chi connectivity index (χ1v) is 10.1. The molecule has 0 amide bonds. The van der Waals surface area contributed by atoms with Crippen LogP contribution in [-0.4, -0.2) is 41.8 Å². The molecule has 2 aromatic carbocycles. The van der Waals surface area contributed by atoms with Gasteiger partial charge >= 0.3 is 5.97 Å². The molecular weight excluding hydrogens is 352 g/mol. The monoisotopic (exact) mass is 378 g/mol. The number of carbonyl (C=O) groups is 1. The van der Waals surface area contributed by atoms with Crippen LogP contribution in [0.15, 0.2) is 59.1 Å². The second-order valence-corrected chi connectivity index (χ2v) is 7.40. The first-order chi connectivity index (χ1) is 13.7. The van der Waals surface area contributed by atoms with Crippen LogP contribution in [0.5, 0.6) is 0 Å². The molecule has 1 fully saturated rings. The molecule has 1 aromatic heterocycles. The molecule has 146 valence electrons. The van der Waals surface area contributed by atoms with E-state index < -0.39 is 5.92 Å². The van der Waals surface area contributed by atoms with Gasteiger partial charge in [0.1, 0.15) is 17.7 Å². The molecule has 1 aliphatic rings. The predicted octanol–water partition coefficient (Wildman–Crippen LogP) is 4.18. The molecular formula is C23H26N2O3. The second-order valence-electron chi connectivity index (χ2n) is 7.40. The van der Waals surface area contributed by atoms with Crippen LogP contribution in [0.3, 0.4) is 0 Å². The summed E-state index contributed by atoms with van der Waals surface area (Å²) < 4.78 is 11.4. The summed E-state index contributed by atoms with van der Waals surface area (Å²) >= 11 is 0. The molecule has 0 spiro atoms. The molecule has 5 nitrogen and oxygen atoms in total. The predicted molar refractivity (Wildman–Crippen MR) is 108 cm³/mol. The van der Waals surface area contributed by atoms with Gasteiger partial charge in [0.2, 0.25) is 0 Å². The maximum atomic E-state index is 13.2. The summed E-state index contributed by atoms with van der Waals surface area (Å²) in [4.78, 5) is 15.6. The molecule has 0 N–H and O–H groups in total. The third-order valence-electron chi connectivity index (χ3n) is 5.49. The number of piperidine rings is 1. The van der Waals surface area contributed by atoms with Crippen molar-refractivity contribution in [2.75, 3.05) is 19.6 Å². The molecule has 0 bridgehead atoms. The number of likely N-dealkylation sites (tertiary alicyclic amines) is 1. The lowest BCUT2D eigenvalue weighted by molar-refractivity contribution is -0.153. The molecule has 0 aliphatic carbocycles. The summed E-state index contributed by atoms with van der Waals surface area (Å²) in [7, 11) is 0. The largest absolute Gasteiger partial charge is 0.460 e. The molecule has 3 aromatic rings. The van der Waals surface area contributed by atoms with E-state index in [1.54, 1.807) is 0 Å². The minimum Gasteiger partial charge on any atom is -0.460 e. The Balaban J connectivity index is 1.60. The molecule has 5 heteroatoms. The summed E-state index contributed by atoms with van der Waals surface area (Å²) in [5.74, 6) is -0.700. The molecule has 2 atom stereocenters. The SMILES string of the molecule is CCN1CCCC(OC(=O)C(Cc2ccccc2)c2noc3ccccc23)C1. The Morgan fingerprint density at radius 3 is 2.82 bits per heavy atom. The lowest BCUT2D eigenvalue weighted by Crippen LogP contribution is -2.41. The number of esters is 1. The number of likely N-dealkylation sites (N-methyl/N-ethyl adjacent to an activating group) is 1. The Labute approximate surface area is 165 Å². The zero-order valence-corrected chi connectivity index (χ0v) is 16.2. The zero-order chi connectivity index (χ0) is 19.3. The zero-order valence-electron chi connectivity index (χ0n) is 16.2. The van der Waals surface area contributed by atoms with E-state index in [9.17, 15) is 4.79 Å². The van der Waals surface area contributed by atoms with Gasteiger partial charge < -0.3 is 9.26 Å². The van der Waals surface area contributed by atoms with Crippen LogP contribution in [-0.2, 0) is 16.0 Å². The smallest absolute Gasteiger partial charge is 0.315 e. The van der Waals surface area contributed by atoms with E-state index in [1.807, 2.05) is 54.6 Å². The van der Waals surface area contributed by atoms with Gasteiger partial charge in [-0.3, -0.25) is 9.69 Å². The highest BCUT2D eigenvalue weighted by Gasteiger charge is 2.31. The van der Waals surface area contributed by atoms with Gasteiger partial charge in [-0.1, -0.05) is 54.5 Å². The molecule has 2 unspecified atom stereocenters. The summed E-state index contributed by atoms with van der Waals surface area (Å²) in [5.41, 5.74) is 2.43. The number of fused-ring (bicyclic) bond motifs is 1. The van der Waals surface area contributed by atoms with Gasteiger partial charge in [-0.25, -0.2) is 0 Å². The van der Waals surface area contributed by atoms with Gasteiger partial charge in [0.15, 0.2) is 5.58 Å². The molecule has 2 heterocycles. The van der Waals surface area contributed by atoms with Crippen molar-refractivity contribution in [3.8, 4) is 0 Å². The standard InChI is InChI=1S/C23H26N2O3/c1-2-25-14-8-11-18(16-25)27-23(26)20(15-17-9-4-3-5-10-17)22-19-12-6-7-13-21(19)28-24-22/h3-7,9-10,12-13,18,20H,2,8,11,14-16H2,1H3. The Morgan fingerprint density at radius 1 is 1.21 bits per heavy atom. The average Bonchev–Trinajstić information content (AvgIpc) is 3.16. The van der Waals surface area contributed by atoms with Crippen molar-refractivity contribution in [3.05, 3.63) is 65.9 Å². The van der Waals surface area contributed by atoms with Gasteiger partial charge in [-0.15, -0.1) is 0 Å². The van der Waals surface area contributed by atoms with E-state index in [2.05, 4.69) is 17.0 Å². The molecule has 28 heavy (non-hydrogen) atoms. The lowest BCUT2D eigenvalue weighted by Gasteiger charge is -2.32. The van der Waals surface area contributed by atoms with Crippen molar-refractivity contribution in [1.29, 1.82) is 0 Å². The van der Waals surface area contributed by atoms with Gasteiger partial charge in [-0.05, 0) is 50.0 Å². The summed E-state index contributed by atoms with van der Waals surface area (Å²) in [6, 6.07) is 17.7. The fraction of sp³-hybridized carbons (Fsp3) is 0.391. The van der Waals surface area contributed by atoms with Crippen molar-refractivity contribution in [2.45, 2.75) is 38.2 Å². The van der Waals surface area contributed by atoms with Crippen LogP contribution >= 0.6 is 0 Å². The van der Waals surface area contributed by atoms with Crippen molar-refractivity contribution in [3.63, 3.8) is 0 Å². The number of ether oxygens (including phenoxy) is 1. The minimum atomic E-state index is -0.483. The molecule has 1 aliphatic heterocycles. The van der Waals surface area contributed by atoms with Crippen molar-refractivity contribution < 1.29 is 14.1 Å². The first-order valence-electron chi connectivity index (χ1n) is 10.1. The van der Waals surface area contributed by atoms with E-state index >= 15 is 0 Å². The maximum Gasteiger partial charge on any atom is 0.315 e. The molecule has 1 saturated heterocycles. The third-order valence-corrected chi connectivity index (χ3v) is 5.49. The van der Waals surface area contributed by atoms with E-state index in [0.717, 1.165) is 43.4 Å². The number of benzene rings is 2. The van der Waals surface area contributed by atoms with E-state index in [-0.39, 0.29) is 12.1 Å². The van der Waals surface area contributed by atoms with Crippen LogP contribution in [0.2, 0.25) is 0 Å². The van der Waals surface area contributed by atoms with Crippen molar-refractivity contribution >= 4 is 16.9 Å². The summed E-state index contributed by atoms with van der Waals surface area (Å²) in [5, 5.41) is 5.13. The Kier molecular flexibility index (Phi) is 5.72. The number of carbonyl (C=O) groups excluding carboxylic acids is 1. The highest BCUT2D eigenvalue weighted by atomic mass is 16.5. The Morgan fingerprint density at radius 2 is 2.00 bits per heavy atom. The third kappa shape index (κ3) is 4.09. The van der Waals surface area contributed by atoms with E-state index in [1.165, 1.54) is 0 Å². The lowest BCUT2D eigenvalue weighted by atomic mass is 9.94. The summed E-state index contributed by atoms with van der Waals surface area (Å²) in [6.07, 6.45) is 2.46. The topological polar surface area (TPSA) is 55.6 Å². The second kappa shape index (κ2) is 8.57. The first kappa shape index (κ1) is 18.7. The molecule has 4 rings (SSSR count). The van der Waals surface area contributed by atoms with Crippen LogP contribution in [0, 0.1) is 0 Å². The average molecular weight is 378 g/mol. The molecule has 0 radical (unpaired) electrons. The van der Waals surface area contributed by atoms with Crippen LogP contribution in [0.25, 0.3) is 11.0 Å². The van der Waals surface area contributed by atoms with Gasteiger partial charge in [0.25, 0.3) is 0 Å². The normalized spacial score (nSPS) is 18.8. The highest BCUT2D eigenvalue weighted by Crippen LogP contribution is 2.30. The number of nitrogens with zero attached hydrogens (tertiary/aromatic N) is 2. The Bertz CT molecular complexity index is 922. The van der Waals surface area contributed by atoms with Gasteiger partial charge in [0, 0.05) is 11.9 Å². The number of hydrogen-bond acceptors (Lipinski definition) is 5. The number of aromatic nitrogens is 1. The van der Waals surface area contributed by atoms with Gasteiger partial charge in [0.05, 0.1) is 0 Å². The maximum absolute atomic E-state index is 13.2. The number of rotatable bonds is 6. The van der Waals surface area contributed by atoms with Crippen LogP contribution < -0.4 is 0 Å². The van der Waals surface area contributed by atoms with E-state index in [4.69, 9.17) is 9.26 Å². The number of para-hydroxylation sites is 1. The van der Waals surface area contributed by atoms with Crippen LogP contribution in [0.4, 0.5) is 0 Å². The Hall–Kier alpha value is -2.66. The summed E-state index contributed by atoms with van der Waals surface area (Å²) in [6.45, 7) is 5.01. The van der Waals surface area contributed by atoms with Crippen molar-refractivity contribution in [2.24, 2.45) is 0 Å². The minimum absolute atomic E-state index is 0.0577. The van der Waals surface area contributed by atoms with Crippen molar-refractivity contribution in [1.82, 2.24) is 10.1 Å². The van der Waals surface area contributed by atoms with Gasteiger partial charge in [-0.2, -0.15) is 0 Å². The quantitative estimate of drug-likeness (QED) is 0.602. The fourth-order valence-electron chi connectivity index (χ4n) is 3.94.